The van der Waals surface area contributed by atoms with Gasteiger partial charge in [0.05, 0.1) is 4.91 Å². The Bertz CT molecular complexity index is 645. The van der Waals surface area contributed by atoms with Crippen LogP contribution in [0.3, 0.4) is 0 Å². The Balaban J connectivity index is 3.35. The largest absolute Gasteiger partial charge is 0.316 e. The van der Waals surface area contributed by atoms with Crippen LogP contribution in [0.25, 0.3) is 4.85 Å². The van der Waals surface area contributed by atoms with Crippen LogP contribution >= 0.6 is 35.3 Å². The highest BCUT2D eigenvalue weighted by atomic mass is 32.2. The molecule has 0 spiro atoms. The molecule has 0 aliphatic carbocycles. The highest BCUT2D eigenvalue weighted by Gasteiger charge is 2.33. The summed E-state index contributed by atoms with van der Waals surface area (Å²) in [7, 11) is 0. The molecular weight excluding hydrogens is 378 g/mol. The summed E-state index contributed by atoms with van der Waals surface area (Å²) >= 11 is 5.32. The van der Waals surface area contributed by atoms with E-state index in [0.717, 1.165) is 10.7 Å². The first kappa shape index (κ1) is 23.2. The second kappa shape index (κ2) is 11.8. The van der Waals surface area contributed by atoms with E-state index in [4.69, 9.17) is 6.57 Å². The lowest BCUT2D eigenvalue weighted by atomic mass is 10.0. The van der Waals surface area contributed by atoms with Gasteiger partial charge in [-0.15, -0.1) is 23.5 Å². The predicted molar refractivity (Wildman–Crippen MR) is 121 cm³/mol. The average Bonchev–Trinajstić information content (AvgIpc) is 2.58. The van der Waals surface area contributed by atoms with Crippen molar-refractivity contribution in [1.29, 1.82) is 0 Å². The van der Waals surface area contributed by atoms with Gasteiger partial charge in [0.15, 0.2) is 0 Å². The van der Waals surface area contributed by atoms with Gasteiger partial charge >= 0.3 is 6.04 Å². The molecule has 1 rings (SSSR count). The van der Waals surface area contributed by atoms with Crippen molar-refractivity contribution in [2.45, 2.75) is 63.3 Å². The molecule has 0 saturated heterocycles. The molecule has 0 radical (unpaired) electrons. The summed E-state index contributed by atoms with van der Waals surface area (Å²) in [5.41, 5.74) is 0.612. The number of benzene rings is 1. The summed E-state index contributed by atoms with van der Waals surface area (Å²) in [6, 6.07) is 8.45. The normalized spacial score (nSPS) is 13.7. The lowest BCUT2D eigenvalue weighted by Crippen LogP contribution is -2.21. The van der Waals surface area contributed by atoms with Crippen LogP contribution in [-0.4, -0.2) is 33.3 Å². The number of carbonyl (C=O) groups is 1. The van der Waals surface area contributed by atoms with Crippen LogP contribution in [0.5, 0.6) is 0 Å². The standard InChI is InChI=1S/C21H29NOS3/c1-14(2)24-13-18(25-15(3)4)21(26-16(5)6)19(22-7)20(23)17-11-9-8-10-12-17/h8-12,14-16,19H,13H2,1-6H3/b21-18-. The molecule has 0 aliphatic heterocycles. The van der Waals surface area contributed by atoms with Crippen molar-refractivity contribution in [2.75, 3.05) is 5.75 Å². The summed E-state index contributed by atoms with van der Waals surface area (Å²) in [4.78, 5) is 18.9. The first-order valence-electron chi connectivity index (χ1n) is 8.90. The zero-order valence-corrected chi connectivity index (χ0v) is 18.9. The van der Waals surface area contributed by atoms with E-state index in [-0.39, 0.29) is 5.78 Å². The molecule has 0 saturated carbocycles. The Kier molecular flexibility index (Phi) is 10.5. The lowest BCUT2D eigenvalue weighted by Gasteiger charge is -2.19. The number of rotatable bonds is 10. The number of thioether (sulfide) groups is 3. The molecule has 142 valence electrons. The van der Waals surface area contributed by atoms with Crippen LogP contribution in [0.1, 0.15) is 51.9 Å². The molecule has 0 heterocycles. The van der Waals surface area contributed by atoms with Crippen molar-refractivity contribution in [3.8, 4) is 0 Å². The van der Waals surface area contributed by atoms with Gasteiger partial charge < -0.3 is 0 Å². The quantitative estimate of drug-likeness (QED) is 0.314. The number of nitrogens with zero attached hydrogens (tertiary/aromatic N) is 1. The molecule has 1 atom stereocenters. The topological polar surface area (TPSA) is 21.4 Å². The number of hydrogen-bond donors (Lipinski definition) is 0. The zero-order valence-electron chi connectivity index (χ0n) is 16.5. The number of ketones is 1. The Hall–Kier alpha value is -0.830. The van der Waals surface area contributed by atoms with Crippen LogP contribution < -0.4 is 0 Å². The minimum Gasteiger partial charge on any atom is -0.299 e. The van der Waals surface area contributed by atoms with Crippen LogP contribution in [0.2, 0.25) is 0 Å². The summed E-state index contributed by atoms with van der Waals surface area (Å²) in [5, 5.41) is 1.25. The van der Waals surface area contributed by atoms with E-state index in [1.165, 1.54) is 4.91 Å². The summed E-state index contributed by atoms with van der Waals surface area (Å²) < 4.78 is 0. The minimum absolute atomic E-state index is 0.0971. The van der Waals surface area contributed by atoms with E-state index in [1.54, 1.807) is 35.7 Å². The van der Waals surface area contributed by atoms with Gasteiger partial charge in [-0.05, 0) is 5.25 Å². The van der Waals surface area contributed by atoms with Gasteiger partial charge in [-0.2, -0.15) is 11.8 Å². The maximum absolute atomic E-state index is 13.0. The maximum atomic E-state index is 13.0. The van der Waals surface area contributed by atoms with Crippen LogP contribution in [0.15, 0.2) is 40.1 Å². The van der Waals surface area contributed by atoms with Crippen molar-refractivity contribution in [2.24, 2.45) is 0 Å². The van der Waals surface area contributed by atoms with Gasteiger partial charge in [0, 0.05) is 26.7 Å². The number of carbonyl (C=O) groups excluding carboxylic acids is 1. The monoisotopic (exact) mass is 407 g/mol. The fourth-order valence-electron chi connectivity index (χ4n) is 2.22. The van der Waals surface area contributed by atoms with Gasteiger partial charge in [-0.25, -0.2) is 6.57 Å². The third kappa shape index (κ3) is 7.82. The number of hydrogen-bond acceptors (Lipinski definition) is 4. The third-order valence-electron chi connectivity index (χ3n) is 3.25. The Morgan fingerprint density at radius 1 is 0.962 bits per heavy atom. The maximum Gasteiger partial charge on any atom is 0.316 e. The van der Waals surface area contributed by atoms with E-state index in [2.05, 4.69) is 46.4 Å². The average molecular weight is 408 g/mol. The number of Topliss-reactive ketones (excluding diaryl/α,β-unsaturated/α-hetero) is 1. The van der Waals surface area contributed by atoms with Crippen LogP contribution in [0, 0.1) is 6.57 Å². The van der Waals surface area contributed by atoms with Crippen molar-refractivity contribution < 1.29 is 4.79 Å². The molecule has 5 heteroatoms. The second-order valence-electron chi connectivity index (χ2n) is 6.74. The molecule has 1 aromatic rings. The van der Waals surface area contributed by atoms with Gasteiger partial charge in [-0.1, -0.05) is 71.9 Å². The molecule has 0 fully saturated rings. The summed E-state index contributed by atoms with van der Waals surface area (Å²) in [6.07, 6.45) is 0. The highest BCUT2D eigenvalue weighted by Crippen LogP contribution is 2.39. The zero-order chi connectivity index (χ0) is 19.7. The summed E-state index contributed by atoms with van der Waals surface area (Å²) in [6.45, 7) is 20.7. The molecule has 26 heavy (non-hydrogen) atoms. The molecule has 2 nitrogen and oxygen atoms in total. The molecule has 0 N–H and O–H groups in total. The molecule has 1 aromatic carbocycles. The van der Waals surface area contributed by atoms with Crippen molar-refractivity contribution in [3.63, 3.8) is 0 Å². The molecule has 0 aliphatic rings. The Morgan fingerprint density at radius 3 is 2.00 bits per heavy atom. The minimum atomic E-state index is -0.751. The molecule has 0 aromatic heterocycles. The van der Waals surface area contributed by atoms with E-state index in [9.17, 15) is 4.79 Å². The van der Waals surface area contributed by atoms with E-state index in [0.29, 0.717) is 21.3 Å². The van der Waals surface area contributed by atoms with E-state index >= 15 is 0 Å². The lowest BCUT2D eigenvalue weighted by molar-refractivity contribution is 0.0988. The van der Waals surface area contributed by atoms with Crippen molar-refractivity contribution >= 4 is 41.1 Å². The highest BCUT2D eigenvalue weighted by molar-refractivity contribution is 8.08. The van der Waals surface area contributed by atoms with E-state index < -0.39 is 6.04 Å². The van der Waals surface area contributed by atoms with Crippen LogP contribution in [-0.2, 0) is 0 Å². The fraction of sp³-hybridized carbons (Fsp3) is 0.524. The molecule has 0 bridgehead atoms. The third-order valence-corrected chi connectivity index (χ3v) is 7.00. The van der Waals surface area contributed by atoms with Gasteiger partial charge in [0.1, 0.15) is 0 Å². The molecular formula is C21H29NOS3. The van der Waals surface area contributed by atoms with Gasteiger partial charge in [-0.3, -0.25) is 9.64 Å². The smallest absolute Gasteiger partial charge is 0.299 e. The molecule has 0 amide bonds. The SMILES string of the molecule is [C-]#[N+]C(C(=O)c1ccccc1)/C(SC(C)C)=C(\CSC(C)C)SC(C)C. The Morgan fingerprint density at radius 2 is 1.54 bits per heavy atom. The van der Waals surface area contributed by atoms with Gasteiger partial charge in [0.2, 0.25) is 5.78 Å². The first-order chi connectivity index (χ1) is 12.3. The predicted octanol–water partition coefficient (Wildman–Crippen LogP) is 6.79. The second-order valence-corrected chi connectivity index (χ2v) is 11.6. The van der Waals surface area contributed by atoms with Crippen LogP contribution in [0.4, 0.5) is 0 Å². The van der Waals surface area contributed by atoms with E-state index in [1.807, 2.05) is 30.0 Å². The fourth-order valence-corrected chi connectivity index (χ4v) is 5.52. The first-order valence-corrected chi connectivity index (χ1v) is 11.7. The van der Waals surface area contributed by atoms with Gasteiger partial charge in [0.25, 0.3) is 0 Å². The Labute approximate surface area is 171 Å². The summed E-state index contributed by atoms with van der Waals surface area (Å²) in [5.74, 6) is 0.754. The van der Waals surface area contributed by atoms with Crippen molar-refractivity contribution in [1.82, 2.24) is 0 Å². The molecule has 1 unspecified atom stereocenters. The van der Waals surface area contributed by atoms with Crippen molar-refractivity contribution in [3.05, 3.63) is 57.1 Å².